The summed E-state index contributed by atoms with van der Waals surface area (Å²) in [7, 11) is 1.73. The van der Waals surface area contributed by atoms with Crippen molar-refractivity contribution in [1.29, 1.82) is 0 Å². The number of carboxylic acids is 1. The monoisotopic (exact) mass is 414 g/mol. The Morgan fingerprint density at radius 2 is 1.90 bits per heavy atom. The van der Waals surface area contributed by atoms with Gasteiger partial charge >= 0.3 is 5.97 Å². The Bertz CT molecular complexity index is 1170. The molecule has 0 amide bonds. The van der Waals surface area contributed by atoms with E-state index in [9.17, 15) is 14.7 Å². The Labute approximate surface area is 173 Å². The van der Waals surface area contributed by atoms with Crippen molar-refractivity contribution in [1.82, 2.24) is 14.5 Å². The average molecular weight is 415 g/mol. The van der Waals surface area contributed by atoms with Crippen molar-refractivity contribution in [2.75, 3.05) is 5.32 Å². The van der Waals surface area contributed by atoms with Gasteiger partial charge in [0.25, 0.3) is 5.56 Å². The van der Waals surface area contributed by atoms with Crippen LogP contribution in [0.2, 0.25) is 5.15 Å². The molecule has 3 rings (SSSR count). The first-order chi connectivity index (χ1) is 13.6. The molecule has 0 spiro atoms. The fraction of sp³-hybridized carbons (Fsp3) is 0.333. The lowest BCUT2D eigenvalue weighted by Gasteiger charge is -2.20. The zero-order valence-corrected chi connectivity index (χ0v) is 17.7. The molecule has 1 atom stereocenters. The van der Waals surface area contributed by atoms with E-state index >= 15 is 0 Å². The maximum Gasteiger partial charge on any atom is 0.356 e. The SMILES string of the molecule is Cc1cc([C@@H](C)Nc2ccc(Cl)nc2C(=O)O)c2nc(C(C)C)n(C)c(=O)c2c1. The zero-order valence-electron chi connectivity index (χ0n) is 16.9. The number of rotatable bonds is 5. The summed E-state index contributed by atoms with van der Waals surface area (Å²) < 4.78 is 1.58. The molecule has 0 saturated heterocycles. The maximum absolute atomic E-state index is 12.9. The highest BCUT2D eigenvalue weighted by molar-refractivity contribution is 6.29. The molecular formula is C21H23ClN4O3. The lowest BCUT2D eigenvalue weighted by atomic mass is 10.0. The summed E-state index contributed by atoms with van der Waals surface area (Å²) in [5.41, 5.74) is 2.43. The van der Waals surface area contributed by atoms with Crippen LogP contribution in [0.25, 0.3) is 10.9 Å². The van der Waals surface area contributed by atoms with Crippen molar-refractivity contribution in [2.24, 2.45) is 7.05 Å². The van der Waals surface area contributed by atoms with Crippen LogP contribution in [-0.2, 0) is 7.05 Å². The van der Waals surface area contributed by atoms with Gasteiger partial charge in [-0.1, -0.05) is 31.5 Å². The molecule has 0 unspecified atom stereocenters. The lowest BCUT2D eigenvalue weighted by molar-refractivity contribution is 0.0691. The molecule has 1 aromatic carbocycles. The first kappa shape index (κ1) is 20.8. The number of hydrogen-bond donors (Lipinski definition) is 2. The number of aromatic carboxylic acids is 1. The highest BCUT2D eigenvalue weighted by atomic mass is 35.5. The summed E-state index contributed by atoms with van der Waals surface area (Å²) in [6.07, 6.45) is 0. The third-order valence-corrected chi connectivity index (χ3v) is 5.02. The number of hydrogen-bond acceptors (Lipinski definition) is 5. The van der Waals surface area contributed by atoms with Crippen molar-refractivity contribution in [3.63, 3.8) is 0 Å². The smallest absolute Gasteiger partial charge is 0.356 e. The Morgan fingerprint density at radius 3 is 2.52 bits per heavy atom. The second-order valence-electron chi connectivity index (χ2n) is 7.44. The Hall–Kier alpha value is -2.93. The second kappa shape index (κ2) is 7.83. The summed E-state index contributed by atoms with van der Waals surface area (Å²) in [6, 6.07) is 6.58. The molecule has 3 aromatic rings. The van der Waals surface area contributed by atoms with Crippen molar-refractivity contribution in [3.05, 3.63) is 62.4 Å². The van der Waals surface area contributed by atoms with Crippen LogP contribution in [0.5, 0.6) is 0 Å². The number of carbonyl (C=O) groups is 1. The van der Waals surface area contributed by atoms with Gasteiger partial charge in [0.05, 0.1) is 22.6 Å². The third kappa shape index (κ3) is 3.96. The fourth-order valence-electron chi connectivity index (χ4n) is 3.44. The molecule has 2 heterocycles. The molecule has 152 valence electrons. The summed E-state index contributed by atoms with van der Waals surface area (Å²) in [5.74, 6) is -0.404. The molecule has 7 nitrogen and oxygen atoms in total. The highest BCUT2D eigenvalue weighted by Gasteiger charge is 2.20. The molecule has 2 N–H and O–H groups in total. The van der Waals surface area contributed by atoms with Crippen LogP contribution in [0.3, 0.4) is 0 Å². The first-order valence-electron chi connectivity index (χ1n) is 9.27. The molecule has 8 heteroatoms. The minimum atomic E-state index is -1.18. The van der Waals surface area contributed by atoms with Gasteiger partial charge in [0.15, 0.2) is 5.69 Å². The van der Waals surface area contributed by atoms with Gasteiger partial charge in [-0.2, -0.15) is 0 Å². The van der Waals surface area contributed by atoms with Gasteiger partial charge in [-0.05, 0) is 37.6 Å². The number of aryl methyl sites for hydroxylation is 1. The number of benzene rings is 1. The van der Waals surface area contributed by atoms with Crippen LogP contribution in [0, 0.1) is 6.92 Å². The molecule has 0 aliphatic carbocycles. The van der Waals surface area contributed by atoms with Gasteiger partial charge in [0.2, 0.25) is 0 Å². The highest BCUT2D eigenvalue weighted by Crippen LogP contribution is 2.28. The number of carboxylic acid groups (broad SMARTS) is 1. The second-order valence-corrected chi connectivity index (χ2v) is 7.83. The number of pyridine rings is 1. The number of aromatic nitrogens is 3. The van der Waals surface area contributed by atoms with Crippen LogP contribution >= 0.6 is 11.6 Å². The quantitative estimate of drug-likeness (QED) is 0.604. The van der Waals surface area contributed by atoms with Crippen molar-refractivity contribution >= 4 is 34.2 Å². The van der Waals surface area contributed by atoms with E-state index in [0.717, 1.165) is 11.1 Å². The fourth-order valence-corrected chi connectivity index (χ4v) is 3.59. The van der Waals surface area contributed by atoms with Gasteiger partial charge < -0.3 is 10.4 Å². The molecule has 0 aliphatic heterocycles. The summed E-state index contributed by atoms with van der Waals surface area (Å²) in [5, 5.41) is 13.3. The van der Waals surface area contributed by atoms with Crippen molar-refractivity contribution in [2.45, 2.75) is 39.7 Å². The first-order valence-corrected chi connectivity index (χ1v) is 9.65. The van der Waals surface area contributed by atoms with Crippen LogP contribution in [0.4, 0.5) is 5.69 Å². The van der Waals surface area contributed by atoms with Gasteiger partial charge in [0.1, 0.15) is 11.0 Å². The van der Waals surface area contributed by atoms with Gasteiger partial charge in [-0.3, -0.25) is 9.36 Å². The minimum absolute atomic E-state index is 0.0774. The van der Waals surface area contributed by atoms with E-state index in [2.05, 4.69) is 10.3 Å². The van der Waals surface area contributed by atoms with Crippen molar-refractivity contribution in [3.8, 4) is 0 Å². The predicted octanol–water partition coefficient (Wildman–Crippen LogP) is 4.29. The molecule has 0 aliphatic rings. The van der Waals surface area contributed by atoms with Gasteiger partial charge in [-0.15, -0.1) is 0 Å². The molecule has 0 radical (unpaired) electrons. The number of anilines is 1. The third-order valence-electron chi connectivity index (χ3n) is 4.81. The summed E-state index contributed by atoms with van der Waals surface area (Å²) in [6.45, 7) is 7.78. The van der Waals surface area contributed by atoms with Crippen LogP contribution < -0.4 is 10.9 Å². The molecular weight excluding hydrogens is 392 g/mol. The van der Waals surface area contributed by atoms with Gasteiger partial charge in [-0.25, -0.2) is 14.8 Å². The normalized spacial score (nSPS) is 12.4. The largest absolute Gasteiger partial charge is 0.476 e. The summed E-state index contributed by atoms with van der Waals surface area (Å²) >= 11 is 5.84. The Balaban J connectivity index is 2.17. The Morgan fingerprint density at radius 1 is 1.21 bits per heavy atom. The van der Waals surface area contributed by atoms with Crippen LogP contribution in [0.1, 0.15) is 60.2 Å². The maximum atomic E-state index is 12.9. The van der Waals surface area contributed by atoms with E-state index in [1.807, 2.05) is 39.8 Å². The average Bonchev–Trinajstić information content (AvgIpc) is 2.65. The van der Waals surface area contributed by atoms with E-state index < -0.39 is 5.97 Å². The minimum Gasteiger partial charge on any atom is -0.476 e. The molecule has 2 aromatic heterocycles. The van der Waals surface area contributed by atoms with E-state index in [-0.39, 0.29) is 28.4 Å². The summed E-state index contributed by atoms with van der Waals surface area (Å²) in [4.78, 5) is 33.1. The van der Waals surface area contributed by atoms with Crippen molar-refractivity contribution < 1.29 is 9.90 Å². The van der Waals surface area contributed by atoms with E-state index in [1.165, 1.54) is 6.07 Å². The van der Waals surface area contributed by atoms with E-state index in [0.29, 0.717) is 22.4 Å². The molecule has 0 fully saturated rings. The predicted molar refractivity (Wildman–Crippen MR) is 114 cm³/mol. The number of fused-ring (bicyclic) bond motifs is 1. The molecule has 0 bridgehead atoms. The number of halogens is 1. The van der Waals surface area contributed by atoms with Crippen LogP contribution in [-0.4, -0.2) is 25.6 Å². The number of nitrogens with one attached hydrogen (secondary N) is 1. The topological polar surface area (TPSA) is 97.1 Å². The standard InChI is InChI=1S/C21H23ClN4O3/c1-10(2)19-25-17-13(8-11(3)9-14(17)20(27)26(19)5)12(4)23-15-6-7-16(22)24-18(15)21(28)29/h6-10,12,23H,1-5H3,(H,28,29)/t12-/m1/s1. The molecule has 0 saturated carbocycles. The van der Waals surface area contributed by atoms with Crippen LogP contribution in [0.15, 0.2) is 29.1 Å². The number of nitrogens with zero attached hydrogens (tertiary/aromatic N) is 3. The molecule has 29 heavy (non-hydrogen) atoms. The lowest BCUT2D eigenvalue weighted by Crippen LogP contribution is -2.24. The van der Waals surface area contributed by atoms with E-state index in [1.54, 1.807) is 17.7 Å². The zero-order chi connectivity index (χ0) is 21.5. The van der Waals surface area contributed by atoms with Gasteiger partial charge in [0, 0.05) is 18.5 Å². The van der Waals surface area contributed by atoms with E-state index in [4.69, 9.17) is 16.6 Å². The Kier molecular flexibility index (Phi) is 5.61.